The number of benzene rings is 2. The molecular formula is C21H24N2O2. The molecule has 1 saturated carbocycles. The number of aliphatic hydroxyl groups is 1. The van der Waals surface area contributed by atoms with E-state index in [1.54, 1.807) is 19.1 Å². The van der Waals surface area contributed by atoms with E-state index in [1.807, 2.05) is 24.3 Å². The van der Waals surface area contributed by atoms with E-state index in [0.717, 1.165) is 19.6 Å². The number of hydrogen-bond donors (Lipinski definition) is 2. The van der Waals surface area contributed by atoms with Gasteiger partial charge in [-0.15, -0.1) is 0 Å². The molecule has 0 radical (unpaired) electrons. The van der Waals surface area contributed by atoms with Gasteiger partial charge in [-0.3, -0.25) is 9.69 Å². The monoisotopic (exact) mass is 336 g/mol. The van der Waals surface area contributed by atoms with Crippen LogP contribution in [0.4, 0.5) is 0 Å². The van der Waals surface area contributed by atoms with Gasteiger partial charge in [-0.05, 0) is 29.9 Å². The molecule has 1 amide bonds. The Hall–Kier alpha value is -2.17. The number of nitrogens with one attached hydrogen (secondary N) is 1. The molecule has 2 N–H and O–H groups in total. The van der Waals surface area contributed by atoms with Crippen LogP contribution in [0.3, 0.4) is 0 Å². The first-order valence-corrected chi connectivity index (χ1v) is 8.91. The van der Waals surface area contributed by atoms with Crippen LogP contribution in [0.15, 0.2) is 60.7 Å². The van der Waals surface area contributed by atoms with Crippen molar-refractivity contribution < 1.29 is 9.90 Å². The van der Waals surface area contributed by atoms with Gasteiger partial charge in [-0.25, -0.2) is 0 Å². The van der Waals surface area contributed by atoms with Gasteiger partial charge < -0.3 is 10.4 Å². The van der Waals surface area contributed by atoms with Crippen LogP contribution in [0.2, 0.25) is 0 Å². The predicted octanol–water partition coefficient (Wildman–Crippen LogP) is 2.14. The Balaban J connectivity index is 1.31. The molecular weight excluding hydrogens is 312 g/mol. The second-order valence-electron chi connectivity index (χ2n) is 7.44. The van der Waals surface area contributed by atoms with E-state index in [2.05, 4.69) is 34.5 Å². The number of fused-ring (bicyclic) bond motifs is 1. The molecule has 0 bridgehead atoms. The van der Waals surface area contributed by atoms with Crippen molar-refractivity contribution in [3.05, 3.63) is 71.8 Å². The number of hydrogen-bond acceptors (Lipinski definition) is 3. The number of carbonyl (C=O) groups excluding carboxylic acids is 1. The lowest BCUT2D eigenvalue weighted by Crippen LogP contribution is -2.45. The summed E-state index contributed by atoms with van der Waals surface area (Å²) >= 11 is 0. The molecule has 2 aromatic rings. The highest BCUT2D eigenvalue weighted by molar-refractivity contribution is 5.86. The summed E-state index contributed by atoms with van der Waals surface area (Å²) < 4.78 is 0. The number of likely N-dealkylation sites (tertiary alicyclic amines) is 1. The van der Waals surface area contributed by atoms with E-state index < -0.39 is 5.60 Å². The average molecular weight is 336 g/mol. The van der Waals surface area contributed by atoms with Crippen LogP contribution in [0, 0.1) is 11.8 Å². The zero-order chi connectivity index (χ0) is 17.4. The highest BCUT2D eigenvalue weighted by Gasteiger charge is 2.57. The van der Waals surface area contributed by atoms with E-state index in [9.17, 15) is 9.90 Å². The summed E-state index contributed by atoms with van der Waals surface area (Å²) in [5, 5.41) is 13.7. The molecule has 2 fully saturated rings. The van der Waals surface area contributed by atoms with Crippen molar-refractivity contribution in [1.82, 2.24) is 10.2 Å². The minimum absolute atomic E-state index is 0.203. The zero-order valence-corrected chi connectivity index (χ0v) is 14.4. The fourth-order valence-corrected chi connectivity index (χ4v) is 3.98. The van der Waals surface area contributed by atoms with Gasteiger partial charge in [-0.1, -0.05) is 60.7 Å². The Morgan fingerprint density at radius 3 is 2.24 bits per heavy atom. The quantitative estimate of drug-likeness (QED) is 0.880. The Kier molecular flexibility index (Phi) is 4.10. The maximum atomic E-state index is 12.5. The topological polar surface area (TPSA) is 52.6 Å². The molecule has 4 atom stereocenters. The largest absolute Gasteiger partial charge is 0.376 e. The van der Waals surface area contributed by atoms with Crippen LogP contribution in [0.1, 0.15) is 18.1 Å². The smallest absolute Gasteiger partial charge is 0.256 e. The molecule has 130 valence electrons. The van der Waals surface area contributed by atoms with Gasteiger partial charge in [0.25, 0.3) is 5.91 Å². The first-order chi connectivity index (χ1) is 12.1. The van der Waals surface area contributed by atoms with Crippen molar-refractivity contribution in [2.24, 2.45) is 11.8 Å². The molecule has 1 aliphatic heterocycles. The van der Waals surface area contributed by atoms with Gasteiger partial charge in [0.2, 0.25) is 0 Å². The molecule has 1 aliphatic carbocycles. The summed E-state index contributed by atoms with van der Waals surface area (Å²) in [6, 6.07) is 19.8. The second kappa shape index (κ2) is 6.28. The van der Waals surface area contributed by atoms with Gasteiger partial charge in [0.05, 0.1) is 0 Å². The Labute approximate surface area is 148 Å². The van der Waals surface area contributed by atoms with Gasteiger partial charge in [0.15, 0.2) is 5.60 Å². The standard InChI is InChI=1S/C21H24N2O2/c1-21(25,16-10-6-3-7-11-16)20(24)22-19-17-13-23(14-18(17)19)12-15-8-4-2-5-9-15/h2-11,17-19,25H,12-14H2,1H3,(H,22,24)/t17-,18?,19?,21?/m0/s1. The molecule has 4 nitrogen and oxygen atoms in total. The molecule has 4 rings (SSSR count). The van der Waals surface area contributed by atoms with E-state index in [-0.39, 0.29) is 11.9 Å². The molecule has 2 aromatic carbocycles. The van der Waals surface area contributed by atoms with Crippen LogP contribution in [0.5, 0.6) is 0 Å². The number of nitrogens with zero attached hydrogens (tertiary/aromatic N) is 1. The maximum Gasteiger partial charge on any atom is 0.256 e. The van der Waals surface area contributed by atoms with Crippen molar-refractivity contribution in [2.45, 2.75) is 25.1 Å². The van der Waals surface area contributed by atoms with E-state index in [1.165, 1.54) is 5.56 Å². The fourth-order valence-electron chi connectivity index (χ4n) is 3.98. The number of piperidine rings is 1. The summed E-state index contributed by atoms with van der Waals surface area (Å²) in [4.78, 5) is 15.0. The van der Waals surface area contributed by atoms with Gasteiger partial charge >= 0.3 is 0 Å². The van der Waals surface area contributed by atoms with Crippen molar-refractivity contribution in [3.63, 3.8) is 0 Å². The van der Waals surface area contributed by atoms with E-state index >= 15 is 0 Å². The molecule has 2 aliphatic rings. The molecule has 1 saturated heterocycles. The van der Waals surface area contributed by atoms with Crippen LogP contribution in [0.25, 0.3) is 0 Å². The first-order valence-electron chi connectivity index (χ1n) is 8.91. The minimum atomic E-state index is -1.48. The molecule has 4 heteroatoms. The highest BCUT2D eigenvalue weighted by Crippen LogP contribution is 2.46. The highest BCUT2D eigenvalue weighted by atomic mass is 16.3. The van der Waals surface area contributed by atoms with Crippen molar-refractivity contribution >= 4 is 5.91 Å². The van der Waals surface area contributed by atoms with Crippen LogP contribution in [-0.2, 0) is 16.9 Å². The van der Waals surface area contributed by atoms with Crippen molar-refractivity contribution in [3.8, 4) is 0 Å². The van der Waals surface area contributed by atoms with E-state index in [4.69, 9.17) is 0 Å². The molecule has 0 spiro atoms. The number of rotatable bonds is 5. The minimum Gasteiger partial charge on any atom is -0.376 e. The van der Waals surface area contributed by atoms with Crippen LogP contribution in [-0.4, -0.2) is 35.0 Å². The lowest BCUT2D eigenvalue weighted by atomic mass is 9.95. The number of carbonyl (C=O) groups is 1. The van der Waals surface area contributed by atoms with Crippen molar-refractivity contribution in [2.75, 3.05) is 13.1 Å². The summed E-state index contributed by atoms with van der Waals surface area (Å²) in [5.74, 6) is 0.728. The summed E-state index contributed by atoms with van der Waals surface area (Å²) in [6.07, 6.45) is 0. The fraction of sp³-hybridized carbons (Fsp3) is 0.381. The van der Waals surface area contributed by atoms with Gasteiger partial charge in [-0.2, -0.15) is 0 Å². The zero-order valence-electron chi connectivity index (χ0n) is 14.4. The third-order valence-corrected chi connectivity index (χ3v) is 5.59. The average Bonchev–Trinajstić information content (AvgIpc) is 3.07. The molecule has 25 heavy (non-hydrogen) atoms. The van der Waals surface area contributed by atoms with Gasteiger partial charge in [0.1, 0.15) is 0 Å². The molecule has 3 unspecified atom stereocenters. The summed E-state index contributed by atoms with van der Waals surface area (Å²) in [6.45, 7) is 4.56. The molecule has 0 aromatic heterocycles. The lowest BCUT2D eigenvalue weighted by molar-refractivity contribution is -0.139. The third-order valence-electron chi connectivity index (χ3n) is 5.59. The van der Waals surface area contributed by atoms with Gasteiger partial charge in [0, 0.05) is 25.7 Å². The first kappa shape index (κ1) is 16.3. The predicted molar refractivity (Wildman–Crippen MR) is 96.6 cm³/mol. The number of amides is 1. The van der Waals surface area contributed by atoms with E-state index in [0.29, 0.717) is 17.4 Å². The normalized spacial score (nSPS) is 27.4. The van der Waals surface area contributed by atoms with Crippen LogP contribution >= 0.6 is 0 Å². The Bertz CT molecular complexity index is 733. The summed E-state index contributed by atoms with van der Waals surface area (Å²) in [5.41, 5.74) is 0.474. The Morgan fingerprint density at radius 2 is 1.64 bits per heavy atom. The molecule has 1 heterocycles. The SMILES string of the molecule is CC(O)(C(=O)NC1C2CN(Cc3ccccc3)C[C@@H]21)c1ccccc1. The third kappa shape index (κ3) is 3.20. The van der Waals surface area contributed by atoms with Crippen LogP contribution < -0.4 is 5.32 Å². The maximum absolute atomic E-state index is 12.5. The Morgan fingerprint density at radius 1 is 1.08 bits per heavy atom. The van der Waals surface area contributed by atoms with Crippen molar-refractivity contribution in [1.29, 1.82) is 0 Å². The summed E-state index contributed by atoms with van der Waals surface area (Å²) in [7, 11) is 0. The second-order valence-corrected chi connectivity index (χ2v) is 7.44. The lowest BCUT2D eigenvalue weighted by Gasteiger charge is -2.25.